The van der Waals surface area contributed by atoms with Crippen LogP contribution in [0.3, 0.4) is 0 Å². The molecule has 0 bridgehead atoms. The predicted octanol–water partition coefficient (Wildman–Crippen LogP) is 4.59. The summed E-state index contributed by atoms with van der Waals surface area (Å²) in [5, 5.41) is 0. The van der Waals surface area contributed by atoms with Gasteiger partial charge in [-0.3, -0.25) is 0 Å². The molecule has 2 rings (SSSR count). The van der Waals surface area contributed by atoms with Gasteiger partial charge in [-0.05, 0) is 42.2 Å². The van der Waals surface area contributed by atoms with Crippen molar-refractivity contribution in [2.24, 2.45) is 5.73 Å². The highest BCUT2D eigenvalue weighted by Gasteiger charge is 2.09. The molecule has 2 aromatic rings. The normalized spacial score (nSPS) is 12.2. The van der Waals surface area contributed by atoms with Gasteiger partial charge in [0.05, 0.1) is 0 Å². The first-order valence-electron chi connectivity index (χ1n) is 6.91. The van der Waals surface area contributed by atoms with E-state index < -0.39 is 0 Å². The number of rotatable bonds is 5. The Bertz CT molecular complexity index is 566. The van der Waals surface area contributed by atoms with Crippen molar-refractivity contribution in [2.45, 2.75) is 32.7 Å². The molecule has 2 N–H and O–H groups in total. The lowest BCUT2D eigenvalue weighted by Crippen LogP contribution is -2.02. The zero-order valence-corrected chi connectivity index (χ0v) is 11.9. The molecular weight excluding hydrogens is 253 g/mol. The molecule has 3 heteroatoms. The van der Waals surface area contributed by atoms with Gasteiger partial charge in [-0.2, -0.15) is 0 Å². The van der Waals surface area contributed by atoms with Gasteiger partial charge in [0.15, 0.2) is 0 Å². The molecule has 106 valence electrons. The van der Waals surface area contributed by atoms with E-state index >= 15 is 0 Å². The van der Waals surface area contributed by atoms with E-state index in [1.807, 2.05) is 24.3 Å². The van der Waals surface area contributed by atoms with Crippen molar-refractivity contribution in [1.29, 1.82) is 0 Å². The third-order valence-electron chi connectivity index (χ3n) is 3.57. The van der Waals surface area contributed by atoms with E-state index in [0.717, 1.165) is 6.42 Å². The molecule has 1 unspecified atom stereocenters. The highest BCUT2D eigenvalue weighted by Crippen LogP contribution is 2.28. The molecule has 0 aliphatic rings. The smallest absolute Gasteiger partial charge is 0.134 e. The first-order chi connectivity index (χ1) is 9.65. The van der Waals surface area contributed by atoms with E-state index in [0.29, 0.717) is 23.0 Å². The van der Waals surface area contributed by atoms with Gasteiger partial charge in [-0.15, -0.1) is 0 Å². The van der Waals surface area contributed by atoms with Crippen LogP contribution in [0, 0.1) is 5.82 Å². The minimum Gasteiger partial charge on any atom is -0.457 e. The molecule has 2 aromatic carbocycles. The maximum Gasteiger partial charge on any atom is 0.134 e. The van der Waals surface area contributed by atoms with Gasteiger partial charge in [0, 0.05) is 12.1 Å². The lowest BCUT2D eigenvalue weighted by Gasteiger charge is -2.12. The third-order valence-corrected chi connectivity index (χ3v) is 3.57. The largest absolute Gasteiger partial charge is 0.457 e. The summed E-state index contributed by atoms with van der Waals surface area (Å²) in [5.41, 5.74) is 7.24. The van der Waals surface area contributed by atoms with Crippen LogP contribution in [0.15, 0.2) is 42.5 Å². The van der Waals surface area contributed by atoms with E-state index in [1.54, 1.807) is 12.1 Å². The highest BCUT2D eigenvalue weighted by atomic mass is 19.1. The van der Waals surface area contributed by atoms with Gasteiger partial charge in [0.2, 0.25) is 0 Å². The fourth-order valence-corrected chi connectivity index (χ4v) is 2.06. The van der Waals surface area contributed by atoms with E-state index in [4.69, 9.17) is 10.5 Å². The molecule has 0 radical (unpaired) electrons. The summed E-state index contributed by atoms with van der Waals surface area (Å²) in [6.45, 7) is 4.47. The minimum absolute atomic E-state index is 0.118. The number of hydrogen-bond donors (Lipinski definition) is 1. The van der Waals surface area contributed by atoms with Crippen molar-refractivity contribution in [1.82, 2.24) is 0 Å². The van der Waals surface area contributed by atoms with Crippen LogP contribution in [-0.2, 0) is 6.54 Å². The summed E-state index contributed by atoms with van der Waals surface area (Å²) < 4.78 is 19.3. The van der Waals surface area contributed by atoms with Crippen LogP contribution in [0.4, 0.5) is 4.39 Å². The number of benzene rings is 2. The Balaban J connectivity index is 2.20. The molecular formula is C17H20FNO. The van der Waals surface area contributed by atoms with Gasteiger partial charge >= 0.3 is 0 Å². The molecule has 20 heavy (non-hydrogen) atoms. The fraction of sp³-hybridized carbons (Fsp3) is 0.294. The fourth-order valence-electron chi connectivity index (χ4n) is 2.06. The zero-order valence-electron chi connectivity index (χ0n) is 11.9. The Morgan fingerprint density at radius 2 is 1.85 bits per heavy atom. The first kappa shape index (κ1) is 14.5. The molecule has 0 heterocycles. The Hall–Kier alpha value is -1.87. The van der Waals surface area contributed by atoms with Crippen molar-refractivity contribution >= 4 is 0 Å². The van der Waals surface area contributed by atoms with Crippen LogP contribution in [0.5, 0.6) is 11.5 Å². The number of nitrogens with two attached hydrogens (primary N) is 1. The molecule has 0 amide bonds. The Kier molecular flexibility index (Phi) is 4.74. The molecule has 0 aromatic heterocycles. The molecule has 0 spiro atoms. The van der Waals surface area contributed by atoms with Gasteiger partial charge < -0.3 is 10.5 Å². The van der Waals surface area contributed by atoms with Crippen molar-refractivity contribution in [2.75, 3.05) is 0 Å². The summed E-state index contributed by atoms with van der Waals surface area (Å²) in [6, 6.07) is 12.7. The standard InChI is InChI=1S/C17H20FNO/c1-3-12(2)13-7-9-14(10-8-13)20-17-6-4-5-16(18)15(17)11-19/h4-10,12H,3,11,19H2,1-2H3. The highest BCUT2D eigenvalue weighted by molar-refractivity contribution is 5.39. The summed E-state index contributed by atoms with van der Waals surface area (Å²) in [7, 11) is 0. The quantitative estimate of drug-likeness (QED) is 0.864. The molecule has 0 aliphatic heterocycles. The van der Waals surface area contributed by atoms with Crippen molar-refractivity contribution < 1.29 is 9.13 Å². The second-order valence-electron chi connectivity index (χ2n) is 4.90. The molecule has 0 aliphatic carbocycles. The van der Waals surface area contributed by atoms with Gasteiger partial charge in [-0.1, -0.05) is 32.0 Å². The molecule has 0 saturated heterocycles. The summed E-state index contributed by atoms with van der Waals surface area (Å²) in [5.74, 6) is 1.36. The van der Waals surface area contributed by atoms with Crippen molar-refractivity contribution in [3.63, 3.8) is 0 Å². The molecule has 1 atom stereocenters. The number of hydrogen-bond acceptors (Lipinski definition) is 2. The lowest BCUT2D eigenvalue weighted by atomic mass is 9.99. The zero-order chi connectivity index (χ0) is 14.5. The maximum absolute atomic E-state index is 13.6. The Labute approximate surface area is 119 Å². The van der Waals surface area contributed by atoms with Gasteiger partial charge in [0.1, 0.15) is 17.3 Å². The van der Waals surface area contributed by atoms with E-state index in [1.165, 1.54) is 11.6 Å². The number of ether oxygens (including phenoxy) is 1. The Morgan fingerprint density at radius 3 is 2.45 bits per heavy atom. The van der Waals surface area contributed by atoms with Crippen LogP contribution >= 0.6 is 0 Å². The van der Waals surface area contributed by atoms with Gasteiger partial charge in [-0.25, -0.2) is 4.39 Å². The third kappa shape index (κ3) is 3.17. The van der Waals surface area contributed by atoms with E-state index in [-0.39, 0.29) is 12.4 Å². The summed E-state index contributed by atoms with van der Waals surface area (Å²) in [6.07, 6.45) is 1.10. The maximum atomic E-state index is 13.6. The van der Waals surface area contributed by atoms with E-state index in [9.17, 15) is 4.39 Å². The predicted molar refractivity (Wildman–Crippen MR) is 79.5 cm³/mol. The molecule has 2 nitrogen and oxygen atoms in total. The van der Waals surface area contributed by atoms with Crippen LogP contribution in [-0.4, -0.2) is 0 Å². The number of halogens is 1. The first-order valence-corrected chi connectivity index (χ1v) is 6.91. The second kappa shape index (κ2) is 6.53. The molecule has 0 fully saturated rings. The monoisotopic (exact) mass is 273 g/mol. The Morgan fingerprint density at radius 1 is 1.15 bits per heavy atom. The average molecular weight is 273 g/mol. The second-order valence-corrected chi connectivity index (χ2v) is 4.90. The van der Waals surface area contributed by atoms with Crippen LogP contribution < -0.4 is 10.5 Å². The lowest BCUT2D eigenvalue weighted by molar-refractivity contribution is 0.467. The molecule has 0 saturated carbocycles. The van der Waals surface area contributed by atoms with E-state index in [2.05, 4.69) is 13.8 Å². The van der Waals surface area contributed by atoms with Crippen molar-refractivity contribution in [3.05, 3.63) is 59.4 Å². The van der Waals surface area contributed by atoms with Crippen LogP contribution in [0.25, 0.3) is 0 Å². The van der Waals surface area contributed by atoms with Crippen LogP contribution in [0.2, 0.25) is 0 Å². The summed E-state index contributed by atoms with van der Waals surface area (Å²) in [4.78, 5) is 0. The summed E-state index contributed by atoms with van der Waals surface area (Å²) >= 11 is 0. The minimum atomic E-state index is -0.332. The van der Waals surface area contributed by atoms with Crippen LogP contribution in [0.1, 0.15) is 37.3 Å². The average Bonchev–Trinajstić information content (AvgIpc) is 2.47. The van der Waals surface area contributed by atoms with Crippen molar-refractivity contribution in [3.8, 4) is 11.5 Å². The topological polar surface area (TPSA) is 35.2 Å². The van der Waals surface area contributed by atoms with Gasteiger partial charge in [0.25, 0.3) is 0 Å². The SMILES string of the molecule is CCC(C)c1ccc(Oc2cccc(F)c2CN)cc1.